The summed E-state index contributed by atoms with van der Waals surface area (Å²) in [7, 11) is 0. The van der Waals surface area contributed by atoms with E-state index in [1.807, 2.05) is 24.4 Å². The van der Waals surface area contributed by atoms with Crippen LogP contribution < -0.4 is 11.2 Å². The summed E-state index contributed by atoms with van der Waals surface area (Å²) in [4.78, 5) is 29.8. The van der Waals surface area contributed by atoms with E-state index in [1.165, 1.54) is 15.9 Å². The van der Waals surface area contributed by atoms with Crippen molar-refractivity contribution in [1.82, 2.24) is 9.55 Å². The third-order valence-electron chi connectivity index (χ3n) is 3.13. The van der Waals surface area contributed by atoms with Crippen LogP contribution in [-0.2, 0) is 6.54 Å². The molecule has 98 valence electrons. The first-order valence-electron chi connectivity index (χ1n) is 5.93. The average molecular weight is 292 g/mol. The van der Waals surface area contributed by atoms with Crippen LogP contribution in [0.5, 0.6) is 0 Å². The molecule has 0 aliphatic heterocycles. The molecule has 0 spiro atoms. The summed E-state index contributed by atoms with van der Waals surface area (Å²) in [5.41, 5.74) is 0.419. The van der Waals surface area contributed by atoms with Crippen molar-refractivity contribution < 1.29 is 0 Å². The van der Waals surface area contributed by atoms with E-state index in [0.29, 0.717) is 16.8 Å². The molecule has 1 N–H and O–H groups in total. The van der Waals surface area contributed by atoms with E-state index in [1.54, 1.807) is 18.3 Å². The highest BCUT2D eigenvalue weighted by Crippen LogP contribution is 2.37. The SMILES string of the molecule is CCn1c(=O)[nH]c2sc(-c3cccs3)c(C)c2c1=O. The molecule has 3 rings (SSSR count). The summed E-state index contributed by atoms with van der Waals surface area (Å²) < 4.78 is 1.24. The lowest BCUT2D eigenvalue weighted by Crippen LogP contribution is -2.34. The van der Waals surface area contributed by atoms with Crippen LogP contribution in [0.15, 0.2) is 27.1 Å². The Labute approximate surface area is 117 Å². The van der Waals surface area contributed by atoms with Gasteiger partial charge in [0.05, 0.1) is 10.3 Å². The Bertz CT molecular complexity index is 853. The topological polar surface area (TPSA) is 54.9 Å². The number of hydrogen-bond donors (Lipinski definition) is 1. The lowest BCUT2D eigenvalue weighted by Gasteiger charge is -2.00. The van der Waals surface area contributed by atoms with Crippen molar-refractivity contribution >= 4 is 32.9 Å². The van der Waals surface area contributed by atoms with E-state index in [4.69, 9.17) is 0 Å². The van der Waals surface area contributed by atoms with Gasteiger partial charge in [-0.2, -0.15) is 0 Å². The van der Waals surface area contributed by atoms with Crippen molar-refractivity contribution in [2.75, 3.05) is 0 Å². The van der Waals surface area contributed by atoms with Gasteiger partial charge in [-0.05, 0) is 30.9 Å². The van der Waals surface area contributed by atoms with Gasteiger partial charge in [0.1, 0.15) is 4.83 Å². The molecule has 3 heterocycles. The molecule has 0 unspecified atom stereocenters. The van der Waals surface area contributed by atoms with E-state index >= 15 is 0 Å². The van der Waals surface area contributed by atoms with Crippen LogP contribution in [0.1, 0.15) is 12.5 Å². The fraction of sp³-hybridized carbons (Fsp3) is 0.231. The van der Waals surface area contributed by atoms with Gasteiger partial charge < -0.3 is 0 Å². The number of thiophene rings is 2. The zero-order valence-electron chi connectivity index (χ0n) is 10.5. The van der Waals surface area contributed by atoms with Gasteiger partial charge in [-0.25, -0.2) is 4.79 Å². The zero-order valence-corrected chi connectivity index (χ0v) is 12.2. The molecule has 4 nitrogen and oxygen atoms in total. The Kier molecular flexibility index (Phi) is 2.91. The smallest absolute Gasteiger partial charge is 0.298 e. The molecule has 0 bridgehead atoms. The van der Waals surface area contributed by atoms with Crippen molar-refractivity contribution in [1.29, 1.82) is 0 Å². The fourth-order valence-corrected chi connectivity index (χ4v) is 4.28. The largest absolute Gasteiger partial charge is 0.329 e. The second-order valence-electron chi connectivity index (χ2n) is 4.22. The molecule has 0 aliphatic rings. The molecular formula is C13H12N2O2S2. The van der Waals surface area contributed by atoms with E-state index in [0.717, 1.165) is 15.3 Å². The minimum absolute atomic E-state index is 0.196. The summed E-state index contributed by atoms with van der Waals surface area (Å²) in [5.74, 6) is 0. The van der Waals surface area contributed by atoms with Crippen molar-refractivity contribution in [2.24, 2.45) is 0 Å². The highest BCUT2D eigenvalue weighted by atomic mass is 32.1. The Morgan fingerprint density at radius 2 is 2.16 bits per heavy atom. The van der Waals surface area contributed by atoms with Gasteiger partial charge in [-0.3, -0.25) is 14.3 Å². The molecule has 0 radical (unpaired) electrons. The van der Waals surface area contributed by atoms with Crippen LogP contribution >= 0.6 is 22.7 Å². The first-order valence-corrected chi connectivity index (χ1v) is 7.63. The maximum atomic E-state index is 12.3. The number of aromatic nitrogens is 2. The Balaban J connectivity index is 2.43. The minimum atomic E-state index is -0.334. The summed E-state index contributed by atoms with van der Waals surface area (Å²) in [6.45, 7) is 4.12. The van der Waals surface area contributed by atoms with E-state index in [2.05, 4.69) is 4.98 Å². The monoisotopic (exact) mass is 292 g/mol. The Morgan fingerprint density at radius 3 is 2.79 bits per heavy atom. The molecule has 0 aromatic carbocycles. The van der Waals surface area contributed by atoms with Crippen LogP contribution in [0.3, 0.4) is 0 Å². The number of H-pyrrole nitrogens is 1. The van der Waals surface area contributed by atoms with Gasteiger partial charge in [0.25, 0.3) is 5.56 Å². The van der Waals surface area contributed by atoms with Gasteiger partial charge >= 0.3 is 5.69 Å². The molecule has 0 saturated carbocycles. The summed E-state index contributed by atoms with van der Waals surface area (Å²) in [6, 6.07) is 4.01. The number of aromatic amines is 1. The van der Waals surface area contributed by atoms with Crippen LogP contribution in [0.4, 0.5) is 0 Å². The van der Waals surface area contributed by atoms with Crippen molar-refractivity contribution in [2.45, 2.75) is 20.4 Å². The first-order chi connectivity index (χ1) is 9.13. The first kappa shape index (κ1) is 12.4. The molecule has 0 fully saturated rings. The Morgan fingerprint density at radius 1 is 1.37 bits per heavy atom. The fourth-order valence-electron chi connectivity index (χ4n) is 2.18. The van der Waals surface area contributed by atoms with Crippen LogP contribution in [0.2, 0.25) is 0 Å². The third-order valence-corrected chi connectivity index (χ3v) is 5.39. The molecule has 0 atom stereocenters. The predicted octanol–water partition coefficient (Wildman–Crippen LogP) is 2.81. The molecule has 3 aromatic rings. The molecule has 0 aliphatic carbocycles. The van der Waals surface area contributed by atoms with Gasteiger partial charge in [0.15, 0.2) is 0 Å². The van der Waals surface area contributed by atoms with E-state index in [9.17, 15) is 9.59 Å². The number of aryl methyl sites for hydroxylation is 1. The van der Waals surface area contributed by atoms with Crippen LogP contribution in [0.25, 0.3) is 20.0 Å². The summed E-state index contributed by atoms with van der Waals surface area (Å²) >= 11 is 3.11. The van der Waals surface area contributed by atoms with Crippen molar-refractivity contribution in [3.05, 3.63) is 43.9 Å². The van der Waals surface area contributed by atoms with Crippen molar-refractivity contribution in [3.63, 3.8) is 0 Å². The maximum Gasteiger partial charge on any atom is 0.329 e. The van der Waals surface area contributed by atoms with E-state index < -0.39 is 0 Å². The minimum Gasteiger partial charge on any atom is -0.298 e. The van der Waals surface area contributed by atoms with Crippen molar-refractivity contribution in [3.8, 4) is 9.75 Å². The lowest BCUT2D eigenvalue weighted by atomic mass is 10.2. The van der Waals surface area contributed by atoms with Crippen LogP contribution in [0, 0.1) is 6.92 Å². The molecule has 6 heteroatoms. The van der Waals surface area contributed by atoms with Gasteiger partial charge in [-0.15, -0.1) is 22.7 Å². The Hall–Kier alpha value is -1.66. The lowest BCUT2D eigenvalue weighted by molar-refractivity contribution is 0.685. The summed E-state index contributed by atoms with van der Waals surface area (Å²) in [6.07, 6.45) is 0. The maximum absolute atomic E-state index is 12.3. The molecule has 3 aromatic heterocycles. The standard InChI is InChI=1S/C13H12N2O2S2/c1-3-15-12(16)9-7(2)10(8-5-4-6-18-8)19-11(9)14-13(15)17/h4-6H,3H2,1-2H3,(H,14,17). The normalized spacial score (nSPS) is 11.3. The second kappa shape index (κ2) is 4.47. The number of nitrogens with one attached hydrogen (secondary N) is 1. The quantitative estimate of drug-likeness (QED) is 0.789. The highest BCUT2D eigenvalue weighted by Gasteiger charge is 2.16. The van der Waals surface area contributed by atoms with E-state index in [-0.39, 0.29) is 11.2 Å². The van der Waals surface area contributed by atoms with Crippen LogP contribution in [-0.4, -0.2) is 9.55 Å². The molecule has 19 heavy (non-hydrogen) atoms. The highest BCUT2D eigenvalue weighted by molar-refractivity contribution is 7.25. The number of rotatable bonds is 2. The zero-order chi connectivity index (χ0) is 13.6. The van der Waals surface area contributed by atoms with Gasteiger partial charge in [-0.1, -0.05) is 6.07 Å². The van der Waals surface area contributed by atoms with Gasteiger partial charge in [0.2, 0.25) is 0 Å². The average Bonchev–Trinajstić information content (AvgIpc) is 2.97. The molecular weight excluding hydrogens is 280 g/mol. The number of fused-ring (bicyclic) bond motifs is 1. The predicted molar refractivity (Wildman–Crippen MR) is 80.4 cm³/mol. The summed E-state index contributed by atoms with van der Waals surface area (Å²) in [5, 5.41) is 2.64. The van der Waals surface area contributed by atoms with Gasteiger partial charge in [0, 0.05) is 11.4 Å². The third kappa shape index (κ3) is 1.79. The second-order valence-corrected chi connectivity index (χ2v) is 6.19. The molecule has 0 amide bonds. The number of nitrogens with zero attached hydrogens (tertiary/aromatic N) is 1. The number of hydrogen-bond acceptors (Lipinski definition) is 4. The molecule has 0 saturated heterocycles.